The summed E-state index contributed by atoms with van der Waals surface area (Å²) in [5.74, 6) is -2.03. The van der Waals surface area contributed by atoms with Crippen molar-refractivity contribution in [2.45, 2.75) is 45.4 Å². The summed E-state index contributed by atoms with van der Waals surface area (Å²) >= 11 is 12.3. The average molecular weight is 518 g/mol. The van der Waals surface area contributed by atoms with Crippen LogP contribution in [-0.4, -0.2) is 39.2 Å². The van der Waals surface area contributed by atoms with Gasteiger partial charge in [0.25, 0.3) is 0 Å². The fraction of sp³-hybridized carbons (Fsp3) is 0.346. The van der Waals surface area contributed by atoms with Crippen molar-refractivity contribution in [1.82, 2.24) is 14.9 Å². The quantitative estimate of drug-likeness (QED) is 0.322. The summed E-state index contributed by atoms with van der Waals surface area (Å²) in [4.78, 5) is 29.2. The van der Waals surface area contributed by atoms with Crippen molar-refractivity contribution in [3.05, 3.63) is 87.9 Å². The third-order valence-electron chi connectivity index (χ3n) is 5.46. The molecular formula is C26H29Cl2N3O4. The van der Waals surface area contributed by atoms with Crippen LogP contribution in [0.3, 0.4) is 0 Å². The van der Waals surface area contributed by atoms with Gasteiger partial charge in [0.1, 0.15) is 18.6 Å². The van der Waals surface area contributed by atoms with Gasteiger partial charge >= 0.3 is 11.9 Å². The van der Waals surface area contributed by atoms with Crippen LogP contribution in [0.25, 0.3) is 0 Å². The first-order valence-electron chi connectivity index (χ1n) is 11.3. The van der Waals surface area contributed by atoms with E-state index in [0.29, 0.717) is 28.7 Å². The van der Waals surface area contributed by atoms with Crippen LogP contribution in [0.1, 0.15) is 43.0 Å². The van der Waals surface area contributed by atoms with Gasteiger partial charge in [-0.1, -0.05) is 67.4 Å². The maximum atomic E-state index is 13.2. The van der Waals surface area contributed by atoms with Crippen molar-refractivity contribution in [3.63, 3.8) is 0 Å². The fourth-order valence-electron chi connectivity index (χ4n) is 3.79. The molecule has 3 aromatic rings. The highest BCUT2D eigenvalue weighted by molar-refractivity contribution is 6.34. The molecule has 0 aliphatic heterocycles. The monoisotopic (exact) mass is 517 g/mol. The van der Waals surface area contributed by atoms with Gasteiger partial charge in [-0.25, -0.2) is 4.98 Å². The minimum Gasteiger partial charge on any atom is -0.480 e. The number of hydrogen-bond donors (Lipinski definition) is 2. The molecule has 35 heavy (non-hydrogen) atoms. The Balaban J connectivity index is 1.83. The Labute approximate surface area is 215 Å². The molecule has 2 unspecified atom stereocenters. The Kier molecular flexibility index (Phi) is 9.72. The molecule has 0 aliphatic carbocycles. The Morgan fingerprint density at radius 1 is 1.09 bits per heavy atom. The van der Waals surface area contributed by atoms with E-state index < -0.39 is 23.9 Å². The molecule has 0 aliphatic rings. The van der Waals surface area contributed by atoms with Crippen LogP contribution in [0.2, 0.25) is 10.0 Å². The van der Waals surface area contributed by atoms with Crippen LogP contribution in [0, 0.1) is 5.92 Å². The molecule has 1 aromatic heterocycles. The number of nitrogens with zero attached hydrogens (tertiary/aromatic N) is 2. The Hall–Kier alpha value is -2.87. The topological polar surface area (TPSA) is 93.5 Å². The van der Waals surface area contributed by atoms with Crippen molar-refractivity contribution >= 4 is 35.1 Å². The SMILES string of the molecule is CC(C)CC(NCC(C(=O)OCc1ccccc1)c1cncn1Cc1cc(Cl)cc(Cl)c1)C(=O)O. The molecule has 2 N–H and O–H groups in total. The predicted octanol–water partition coefficient (Wildman–Crippen LogP) is 5.15. The predicted molar refractivity (Wildman–Crippen MR) is 136 cm³/mol. The normalized spacial score (nSPS) is 12.9. The summed E-state index contributed by atoms with van der Waals surface area (Å²) < 4.78 is 7.44. The largest absolute Gasteiger partial charge is 0.480 e. The first-order chi connectivity index (χ1) is 16.7. The number of imidazole rings is 1. The molecule has 0 amide bonds. The lowest BCUT2D eigenvalue weighted by molar-refractivity contribution is -0.147. The van der Waals surface area contributed by atoms with Crippen LogP contribution in [0.5, 0.6) is 0 Å². The summed E-state index contributed by atoms with van der Waals surface area (Å²) in [6.45, 7) is 4.48. The molecule has 0 radical (unpaired) electrons. The highest BCUT2D eigenvalue weighted by Gasteiger charge is 2.28. The summed E-state index contributed by atoms with van der Waals surface area (Å²) in [6, 6.07) is 13.8. The van der Waals surface area contributed by atoms with Crippen molar-refractivity contribution in [3.8, 4) is 0 Å². The standard InChI is InChI=1S/C26H29Cl2N3O4/c1-17(2)8-23(25(32)33)30-12-22(26(34)35-15-18-6-4-3-5-7-18)24-13-29-16-31(24)14-19-9-20(27)11-21(28)10-19/h3-7,9-11,13,16-17,22-23,30H,8,12,14-15H2,1-2H3,(H,32,33). The maximum absolute atomic E-state index is 13.2. The molecule has 0 fully saturated rings. The van der Waals surface area contributed by atoms with Gasteiger partial charge in [-0.3, -0.25) is 9.59 Å². The molecule has 9 heteroatoms. The molecule has 2 atom stereocenters. The van der Waals surface area contributed by atoms with E-state index in [9.17, 15) is 14.7 Å². The summed E-state index contributed by atoms with van der Waals surface area (Å²) in [5, 5.41) is 13.7. The minimum absolute atomic E-state index is 0.0826. The van der Waals surface area contributed by atoms with E-state index in [1.54, 1.807) is 30.7 Å². The second-order valence-corrected chi connectivity index (χ2v) is 9.67. The van der Waals surface area contributed by atoms with Crippen LogP contribution in [0.4, 0.5) is 0 Å². The molecular weight excluding hydrogens is 489 g/mol. The molecule has 1 heterocycles. The first-order valence-corrected chi connectivity index (χ1v) is 12.1. The minimum atomic E-state index is -0.961. The van der Waals surface area contributed by atoms with Gasteiger partial charge in [-0.05, 0) is 41.7 Å². The van der Waals surface area contributed by atoms with Crippen molar-refractivity contribution in [2.24, 2.45) is 5.92 Å². The number of aromatic nitrogens is 2. The summed E-state index contributed by atoms with van der Waals surface area (Å²) in [6.07, 6.45) is 3.65. The number of carboxylic acid groups (broad SMARTS) is 1. The smallest absolute Gasteiger partial charge is 0.320 e. The Morgan fingerprint density at radius 2 is 1.77 bits per heavy atom. The second-order valence-electron chi connectivity index (χ2n) is 8.80. The zero-order chi connectivity index (χ0) is 25.4. The van der Waals surface area contributed by atoms with Crippen LogP contribution < -0.4 is 5.32 Å². The zero-order valence-corrected chi connectivity index (χ0v) is 21.2. The van der Waals surface area contributed by atoms with Gasteiger partial charge in [0.05, 0.1) is 12.0 Å². The fourth-order valence-corrected chi connectivity index (χ4v) is 4.36. The molecule has 0 saturated heterocycles. The van der Waals surface area contributed by atoms with Gasteiger partial charge in [-0.2, -0.15) is 0 Å². The van der Waals surface area contributed by atoms with Crippen molar-refractivity contribution < 1.29 is 19.4 Å². The number of carbonyl (C=O) groups excluding carboxylic acids is 1. The van der Waals surface area contributed by atoms with Crippen LogP contribution in [-0.2, 0) is 27.5 Å². The van der Waals surface area contributed by atoms with Gasteiger partial charge in [0.15, 0.2) is 0 Å². The third kappa shape index (κ3) is 8.09. The van der Waals surface area contributed by atoms with E-state index in [1.165, 1.54) is 0 Å². The number of ether oxygens (including phenoxy) is 1. The number of aliphatic carboxylic acids is 1. The zero-order valence-electron chi connectivity index (χ0n) is 19.7. The number of rotatable bonds is 12. The molecule has 3 rings (SSSR count). The molecule has 2 aromatic carbocycles. The molecule has 7 nitrogen and oxygen atoms in total. The molecule has 186 valence electrons. The molecule has 0 saturated carbocycles. The molecule has 0 spiro atoms. The molecule has 0 bridgehead atoms. The summed E-state index contributed by atoms with van der Waals surface area (Å²) in [7, 11) is 0. The van der Waals surface area contributed by atoms with Crippen molar-refractivity contribution in [1.29, 1.82) is 0 Å². The Morgan fingerprint density at radius 3 is 2.40 bits per heavy atom. The van der Waals surface area contributed by atoms with E-state index >= 15 is 0 Å². The lowest BCUT2D eigenvalue weighted by Gasteiger charge is -2.22. The van der Waals surface area contributed by atoms with Crippen LogP contribution >= 0.6 is 23.2 Å². The maximum Gasteiger partial charge on any atom is 0.320 e. The van der Waals surface area contributed by atoms with Gasteiger partial charge in [0.2, 0.25) is 0 Å². The lowest BCUT2D eigenvalue weighted by Crippen LogP contribution is -2.41. The second kappa shape index (κ2) is 12.7. The third-order valence-corrected chi connectivity index (χ3v) is 5.90. The number of nitrogens with one attached hydrogen (secondary N) is 1. The van der Waals surface area contributed by atoms with E-state index in [-0.39, 0.29) is 19.1 Å². The van der Waals surface area contributed by atoms with E-state index in [2.05, 4.69) is 10.3 Å². The average Bonchev–Trinajstić information content (AvgIpc) is 3.24. The van der Waals surface area contributed by atoms with E-state index in [1.807, 2.05) is 48.7 Å². The van der Waals surface area contributed by atoms with Gasteiger partial charge in [-0.15, -0.1) is 0 Å². The highest BCUT2D eigenvalue weighted by Crippen LogP contribution is 2.23. The number of esters is 1. The number of halogens is 2. The first kappa shape index (κ1) is 26.7. The van der Waals surface area contributed by atoms with E-state index in [4.69, 9.17) is 27.9 Å². The number of benzene rings is 2. The summed E-state index contributed by atoms with van der Waals surface area (Å²) in [5.41, 5.74) is 2.30. The van der Waals surface area contributed by atoms with E-state index in [0.717, 1.165) is 11.1 Å². The number of carboxylic acids is 1. The van der Waals surface area contributed by atoms with Gasteiger partial charge in [0, 0.05) is 29.3 Å². The Bertz CT molecular complexity index is 1110. The number of hydrogen-bond acceptors (Lipinski definition) is 5. The van der Waals surface area contributed by atoms with Crippen LogP contribution in [0.15, 0.2) is 61.1 Å². The highest BCUT2D eigenvalue weighted by atomic mass is 35.5. The number of carbonyl (C=O) groups is 2. The van der Waals surface area contributed by atoms with Gasteiger partial charge < -0.3 is 19.7 Å². The lowest BCUT2D eigenvalue weighted by atomic mass is 10.0. The van der Waals surface area contributed by atoms with Crippen molar-refractivity contribution in [2.75, 3.05) is 6.54 Å².